The molecule has 1 amide bonds. The lowest BCUT2D eigenvalue weighted by molar-refractivity contribution is -0.124. The molecule has 17 heavy (non-hydrogen) atoms. The van der Waals surface area contributed by atoms with Gasteiger partial charge >= 0.3 is 0 Å². The number of nitrogens with two attached hydrogens (primary N) is 1. The minimum Gasteiger partial charge on any atom is -0.368 e. The summed E-state index contributed by atoms with van der Waals surface area (Å²) in [6.45, 7) is 12.2. The summed E-state index contributed by atoms with van der Waals surface area (Å²) in [6, 6.07) is 0.253. The molecule has 0 aliphatic rings. The van der Waals surface area contributed by atoms with Crippen molar-refractivity contribution in [3.63, 3.8) is 0 Å². The van der Waals surface area contributed by atoms with Crippen LogP contribution in [-0.2, 0) is 4.79 Å². The van der Waals surface area contributed by atoms with E-state index >= 15 is 0 Å². The van der Waals surface area contributed by atoms with Crippen LogP contribution in [0.2, 0.25) is 0 Å². The molecule has 4 heteroatoms. The zero-order valence-electron chi connectivity index (χ0n) is 12.2. The molecule has 0 radical (unpaired) electrons. The molecule has 1 atom stereocenters. The molecule has 0 saturated heterocycles. The Bertz CT molecular complexity index is 241. The molecule has 0 aromatic carbocycles. The first-order valence-corrected chi connectivity index (χ1v) is 6.43. The zero-order valence-corrected chi connectivity index (χ0v) is 12.2. The van der Waals surface area contributed by atoms with Crippen molar-refractivity contribution in [3.05, 3.63) is 0 Å². The lowest BCUT2D eigenvalue weighted by Crippen LogP contribution is -2.56. The second-order valence-corrected chi connectivity index (χ2v) is 5.90. The Labute approximate surface area is 106 Å². The second kappa shape index (κ2) is 6.97. The Hall–Kier alpha value is -0.610. The number of primary amides is 1. The molecule has 0 saturated carbocycles. The van der Waals surface area contributed by atoms with Crippen LogP contribution in [0.5, 0.6) is 0 Å². The van der Waals surface area contributed by atoms with Gasteiger partial charge in [0.25, 0.3) is 0 Å². The van der Waals surface area contributed by atoms with Crippen LogP contribution >= 0.6 is 0 Å². The molecule has 0 fully saturated rings. The molecule has 3 N–H and O–H groups in total. The molecule has 4 nitrogen and oxygen atoms in total. The first kappa shape index (κ1) is 16.4. The summed E-state index contributed by atoms with van der Waals surface area (Å²) in [5.74, 6) is 0.363. The zero-order chi connectivity index (χ0) is 13.6. The van der Waals surface area contributed by atoms with Crippen molar-refractivity contribution in [2.24, 2.45) is 11.7 Å². The molecule has 0 bridgehead atoms. The third-order valence-corrected chi connectivity index (χ3v) is 2.82. The standard InChI is InChI=1S/C13H29N3O/c1-10(2)9-16(6)8-7-13(5,12(14)17)15-11(3)4/h10-11,15H,7-9H2,1-6H3,(H2,14,17). The third kappa shape index (κ3) is 6.64. The number of amides is 1. The molecule has 0 rings (SSSR count). The van der Waals surface area contributed by atoms with Gasteiger partial charge in [0.2, 0.25) is 5.91 Å². The van der Waals surface area contributed by atoms with Gasteiger partial charge in [-0.05, 0) is 40.2 Å². The van der Waals surface area contributed by atoms with Crippen molar-refractivity contribution in [1.29, 1.82) is 0 Å². The van der Waals surface area contributed by atoms with Crippen LogP contribution in [0.25, 0.3) is 0 Å². The summed E-state index contributed by atoms with van der Waals surface area (Å²) in [5, 5.41) is 3.26. The van der Waals surface area contributed by atoms with Crippen molar-refractivity contribution >= 4 is 5.91 Å². The number of carbonyl (C=O) groups is 1. The van der Waals surface area contributed by atoms with Gasteiger partial charge in [0, 0.05) is 19.1 Å². The summed E-state index contributed by atoms with van der Waals surface area (Å²) < 4.78 is 0. The van der Waals surface area contributed by atoms with E-state index in [1.165, 1.54) is 0 Å². The van der Waals surface area contributed by atoms with Crippen LogP contribution in [-0.4, -0.2) is 42.5 Å². The van der Waals surface area contributed by atoms with Gasteiger partial charge < -0.3 is 16.0 Å². The van der Waals surface area contributed by atoms with E-state index in [4.69, 9.17) is 5.73 Å². The Balaban J connectivity index is 4.31. The molecular formula is C13H29N3O. The monoisotopic (exact) mass is 243 g/mol. The van der Waals surface area contributed by atoms with Crippen LogP contribution in [0.3, 0.4) is 0 Å². The van der Waals surface area contributed by atoms with E-state index in [-0.39, 0.29) is 11.9 Å². The predicted octanol–water partition coefficient (Wildman–Crippen LogP) is 1.21. The van der Waals surface area contributed by atoms with Crippen LogP contribution in [0.15, 0.2) is 0 Å². The number of carbonyl (C=O) groups excluding carboxylic acids is 1. The highest BCUT2D eigenvalue weighted by molar-refractivity contribution is 5.84. The number of rotatable bonds is 8. The maximum absolute atomic E-state index is 11.5. The van der Waals surface area contributed by atoms with Gasteiger partial charge in [-0.1, -0.05) is 13.8 Å². The van der Waals surface area contributed by atoms with Gasteiger partial charge in [-0.25, -0.2) is 0 Å². The lowest BCUT2D eigenvalue weighted by atomic mass is 9.95. The summed E-state index contributed by atoms with van der Waals surface area (Å²) >= 11 is 0. The van der Waals surface area contributed by atoms with E-state index in [2.05, 4.69) is 31.1 Å². The van der Waals surface area contributed by atoms with Crippen LogP contribution in [0, 0.1) is 5.92 Å². The predicted molar refractivity (Wildman–Crippen MR) is 72.8 cm³/mol. The molecule has 0 spiro atoms. The fourth-order valence-electron chi connectivity index (χ4n) is 2.03. The van der Waals surface area contributed by atoms with E-state index in [1.54, 1.807) is 0 Å². The Morgan fingerprint density at radius 1 is 1.35 bits per heavy atom. The van der Waals surface area contributed by atoms with Gasteiger partial charge in [-0.2, -0.15) is 0 Å². The largest absolute Gasteiger partial charge is 0.368 e. The highest BCUT2D eigenvalue weighted by Gasteiger charge is 2.31. The van der Waals surface area contributed by atoms with Crippen molar-refractivity contribution in [3.8, 4) is 0 Å². The average Bonchev–Trinajstić information content (AvgIpc) is 2.12. The summed E-state index contributed by atoms with van der Waals surface area (Å²) in [4.78, 5) is 13.8. The number of hydrogen-bond donors (Lipinski definition) is 2. The molecule has 0 heterocycles. The average molecular weight is 243 g/mol. The highest BCUT2D eigenvalue weighted by Crippen LogP contribution is 2.11. The summed E-state index contributed by atoms with van der Waals surface area (Å²) in [5.41, 5.74) is 4.88. The van der Waals surface area contributed by atoms with Gasteiger partial charge in [0.05, 0.1) is 5.54 Å². The molecule has 0 aliphatic heterocycles. The Morgan fingerprint density at radius 2 is 1.88 bits per heavy atom. The normalized spacial score (nSPS) is 15.6. The van der Waals surface area contributed by atoms with Crippen LogP contribution < -0.4 is 11.1 Å². The first-order chi connectivity index (χ1) is 7.67. The minimum absolute atomic E-state index is 0.253. The number of hydrogen-bond acceptors (Lipinski definition) is 3. The second-order valence-electron chi connectivity index (χ2n) is 5.90. The molecule has 102 valence electrons. The number of nitrogens with one attached hydrogen (secondary N) is 1. The van der Waals surface area contributed by atoms with Crippen LogP contribution in [0.4, 0.5) is 0 Å². The Kier molecular flexibility index (Phi) is 6.72. The van der Waals surface area contributed by atoms with E-state index in [1.807, 2.05) is 20.8 Å². The number of nitrogens with zero attached hydrogens (tertiary/aromatic N) is 1. The van der Waals surface area contributed by atoms with Crippen molar-refractivity contribution in [2.45, 2.75) is 52.6 Å². The van der Waals surface area contributed by atoms with Crippen molar-refractivity contribution < 1.29 is 4.79 Å². The Morgan fingerprint density at radius 3 is 2.24 bits per heavy atom. The fraction of sp³-hybridized carbons (Fsp3) is 0.923. The van der Waals surface area contributed by atoms with Gasteiger partial charge in [-0.3, -0.25) is 4.79 Å². The van der Waals surface area contributed by atoms with Gasteiger partial charge in [-0.15, -0.1) is 0 Å². The topological polar surface area (TPSA) is 58.4 Å². The van der Waals surface area contributed by atoms with E-state index in [0.717, 1.165) is 19.5 Å². The van der Waals surface area contributed by atoms with E-state index in [0.29, 0.717) is 5.92 Å². The summed E-state index contributed by atoms with van der Waals surface area (Å²) in [7, 11) is 2.08. The van der Waals surface area contributed by atoms with Gasteiger partial charge in [0.15, 0.2) is 0 Å². The van der Waals surface area contributed by atoms with E-state index < -0.39 is 5.54 Å². The fourth-order valence-corrected chi connectivity index (χ4v) is 2.03. The highest BCUT2D eigenvalue weighted by atomic mass is 16.1. The van der Waals surface area contributed by atoms with Gasteiger partial charge in [0.1, 0.15) is 0 Å². The summed E-state index contributed by atoms with van der Waals surface area (Å²) in [6.07, 6.45) is 0.740. The molecule has 0 aromatic rings. The molecule has 0 aromatic heterocycles. The lowest BCUT2D eigenvalue weighted by Gasteiger charge is -2.32. The third-order valence-electron chi connectivity index (χ3n) is 2.82. The van der Waals surface area contributed by atoms with Crippen LogP contribution in [0.1, 0.15) is 41.0 Å². The van der Waals surface area contributed by atoms with Crippen molar-refractivity contribution in [1.82, 2.24) is 10.2 Å². The maximum Gasteiger partial charge on any atom is 0.237 e. The first-order valence-electron chi connectivity index (χ1n) is 6.43. The molecule has 0 aliphatic carbocycles. The minimum atomic E-state index is -0.612. The quantitative estimate of drug-likeness (QED) is 0.673. The van der Waals surface area contributed by atoms with E-state index in [9.17, 15) is 4.79 Å². The van der Waals surface area contributed by atoms with Crippen molar-refractivity contribution in [2.75, 3.05) is 20.1 Å². The molecular weight excluding hydrogens is 214 g/mol. The maximum atomic E-state index is 11.5. The SMILES string of the molecule is CC(C)CN(C)CCC(C)(NC(C)C)C(N)=O. The smallest absolute Gasteiger partial charge is 0.237 e. The molecule has 1 unspecified atom stereocenters.